The molecule has 0 fully saturated rings. The third-order valence-corrected chi connectivity index (χ3v) is 2.17. The van der Waals surface area contributed by atoms with Gasteiger partial charge in [0.1, 0.15) is 0 Å². The lowest BCUT2D eigenvalue weighted by atomic mass is 10.3. The molecule has 1 atom stereocenters. The molecule has 0 aromatic carbocycles. The van der Waals surface area contributed by atoms with E-state index in [0.717, 1.165) is 4.88 Å². The van der Waals surface area contributed by atoms with Gasteiger partial charge < -0.3 is 10.4 Å². The molecule has 4 heteroatoms. The maximum absolute atomic E-state index is 10.2. The third-order valence-electron chi connectivity index (χ3n) is 1.18. The Morgan fingerprint density at radius 1 is 1.82 bits per heavy atom. The van der Waals surface area contributed by atoms with Gasteiger partial charge >= 0.3 is 6.09 Å². The standard InChI is InChI=1S/C7H8NO2S/c1-5(8-7(9)10)6-3-2-4-11-6/h2-5,8H,1H2,(H,9,10). The summed E-state index contributed by atoms with van der Waals surface area (Å²) in [7, 11) is 0. The Morgan fingerprint density at radius 3 is 3.00 bits per heavy atom. The van der Waals surface area contributed by atoms with Gasteiger partial charge in [-0.2, -0.15) is 0 Å². The summed E-state index contributed by atoms with van der Waals surface area (Å²) in [6, 6.07) is 3.35. The van der Waals surface area contributed by atoms with Gasteiger partial charge in [0.05, 0.1) is 6.04 Å². The summed E-state index contributed by atoms with van der Waals surface area (Å²) in [4.78, 5) is 11.1. The highest BCUT2D eigenvalue weighted by molar-refractivity contribution is 7.10. The molecule has 1 aromatic heterocycles. The highest BCUT2D eigenvalue weighted by Gasteiger charge is 2.07. The molecule has 1 radical (unpaired) electrons. The van der Waals surface area contributed by atoms with Crippen LogP contribution < -0.4 is 5.32 Å². The topological polar surface area (TPSA) is 49.3 Å². The Kier molecular flexibility index (Phi) is 2.48. The van der Waals surface area contributed by atoms with E-state index in [2.05, 4.69) is 12.2 Å². The average Bonchev–Trinajstić information content (AvgIpc) is 2.35. The quantitative estimate of drug-likeness (QED) is 0.712. The number of carboxylic acid groups (broad SMARTS) is 1. The minimum atomic E-state index is -1.04. The second-order valence-corrected chi connectivity index (χ2v) is 3.00. The summed E-state index contributed by atoms with van der Waals surface area (Å²) >= 11 is 1.48. The Bertz CT molecular complexity index is 233. The van der Waals surface area contributed by atoms with E-state index in [1.54, 1.807) is 0 Å². The first-order valence-corrected chi connectivity index (χ1v) is 3.94. The fraction of sp³-hybridized carbons (Fsp3) is 0.143. The van der Waals surface area contributed by atoms with Gasteiger partial charge in [-0.05, 0) is 18.4 Å². The van der Waals surface area contributed by atoms with Gasteiger partial charge in [0.15, 0.2) is 0 Å². The summed E-state index contributed by atoms with van der Waals surface area (Å²) in [6.07, 6.45) is -1.04. The molecule has 3 nitrogen and oxygen atoms in total. The summed E-state index contributed by atoms with van der Waals surface area (Å²) in [5, 5.41) is 12.5. The first kappa shape index (κ1) is 8.07. The molecule has 0 saturated carbocycles. The van der Waals surface area contributed by atoms with Crippen molar-refractivity contribution in [2.75, 3.05) is 0 Å². The molecule has 11 heavy (non-hydrogen) atoms. The van der Waals surface area contributed by atoms with Crippen molar-refractivity contribution >= 4 is 17.4 Å². The van der Waals surface area contributed by atoms with Gasteiger partial charge in [0.25, 0.3) is 0 Å². The summed E-state index contributed by atoms with van der Waals surface area (Å²) in [5.41, 5.74) is 0. The van der Waals surface area contributed by atoms with Gasteiger partial charge in [-0.1, -0.05) is 6.07 Å². The zero-order valence-corrected chi connectivity index (χ0v) is 6.60. The second-order valence-electron chi connectivity index (χ2n) is 2.02. The van der Waals surface area contributed by atoms with Crippen LogP contribution in [0.5, 0.6) is 0 Å². The van der Waals surface area contributed by atoms with E-state index in [1.165, 1.54) is 11.3 Å². The van der Waals surface area contributed by atoms with Crippen LogP contribution in [0.25, 0.3) is 0 Å². The van der Waals surface area contributed by atoms with E-state index >= 15 is 0 Å². The van der Waals surface area contributed by atoms with Crippen molar-refractivity contribution < 1.29 is 9.90 Å². The largest absolute Gasteiger partial charge is 0.465 e. The Morgan fingerprint density at radius 2 is 2.55 bits per heavy atom. The van der Waals surface area contributed by atoms with Gasteiger partial charge in [0.2, 0.25) is 0 Å². The van der Waals surface area contributed by atoms with E-state index in [1.807, 2.05) is 17.5 Å². The molecule has 0 saturated heterocycles. The molecule has 0 aliphatic carbocycles. The number of carbonyl (C=O) groups is 1. The molecule has 1 rings (SSSR count). The SMILES string of the molecule is [CH2]C(NC(=O)O)c1cccs1. The minimum Gasteiger partial charge on any atom is -0.465 e. The average molecular weight is 170 g/mol. The lowest BCUT2D eigenvalue weighted by Gasteiger charge is -2.07. The van der Waals surface area contributed by atoms with E-state index in [-0.39, 0.29) is 6.04 Å². The van der Waals surface area contributed by atoms with Crippen molar-refractivity contribution in [3.8, 4) is 0 Å². The van der Waals surface area contributed by atoms with Crippen LogP contribution in [0.1, 0.15) is 10.9 Å². The van der Waals surface area contributed by atoms with Crippen molar-refractivity contribution in [2.24, 2.45) is 0 Å². The molecule has 1 aromatic rings. The molecule has 0 bridgehead atoms. The van der Waals surface area contributed by atoms with E-state index < -0.39 is 6.09 Å². The number of thiophene rings is 1. The minimum absolute atomic E-state index is 0.354. The fourth-order valence-electron chi connectivity index (χ4n) is 0.710. The van der Waals surface area contributed by atoms with Gasteiger partial charge in [-0.3, -0.25) is 0 Å². The maximum Gasteiger partial charge on any atom is 0.405 e. The number of amides is 1. The lowest BCUT2D eigenvalue weighted by Crippen LogP contribution is -2.23. The van der Waals surface area contributed by atoms with Crippen LogP contribution in [0, 0.1) is 6.92 Å². The van der Waals surface area contributed by atoms with Crippen LogP contribution in [0.15, 0.2) is 17.5 Å². The molecule has 0 aliphatic heterocycles. The molecule has 0 aliphatic rings. The van der Waals surface area contributed by atoms with Gasteiger partial charge in [-0.15, -0.1) is 11.3 Å². The highest BCUT2D eigenvalue weighted by Crippen LogP contribution is 2.17. The van der Waals surface area contributed by atoms with Crippen molar-refractivity contribution in [3.63, 3.8) is 0 Å². The van der Waals surface area contributed by atoms with Crippen molar-refractivity contribution in [1.82, 2.24) is 5.32 Å². The summed E-state index contributed by atoms with van der Waals surface area (Å²) in [5.74, 6) is 0. The Labute approximate surface area is 68.7 Å². The molecule has 1 unspecified atom stereocenters. The number of rotatable bonds is 2. The molecule has 59 valence electrons. The lowest BCUT2D eigenvalue weighted by molar-refractivity contribution is 0.192. The number of hydrogen-bond donors (Lipinski definition) is 2. The van der Waals surface area contributed by atoms with Crippen molar-refractivity contribution in [1.29, 1.82) is 0 Å². The predicted octanol–water partition coefficient (Wildman–Crippen LogP) is 1.89. The number of nitrogens with one attached hydrogen (secondary N) is 1. The molecule has 0 spiro atoms. The van der Waals surface area contributed by atoms with Crippen LogP contribution in [0.2, 0.25) is 0 Å². The molecular formula is C7H8NO2S. The van der Waals surface area contributed by atoms with E-state index in [9.17, 15) is 4.79 Å². The normalized spacial score (nSPS) is 12.5. The summed E-state index contributed by atoms with van der Waals surface area (Å²) in [6.45, 7) is 3.64. The first-order chi connectivity index (χ1) is 5.20. The van der Waals surface area contributed by atoms with Crippen LogP contribution >= 0.6 is 11.3 Å². The van der Waals surface area contributed by atoms with Crippen LogP contribution in [0.4, 0.5) is 4.79 Å². The number of hydrogen-bond acceptors (Lipinski definition) is 2. The summed E-state index contributed by atoms with van der Waals surface area (Å²) < 4.78 is 0. The molecule has 1 heterocycles. The highest BCUT2D eigenvalue weighted by atomic mass is 32.1. The monoisotopic (exact) mass is 170 g/mol. The molecular weight excluding hydrogens is 162 g/mol. The third kappa shape index (κ3) is 2.23. The van der Waals surface area contributed by atoms with E-state index in [4.69, 9.17) is 5.11 Å². The second kappa shape index (κ2) is 3.39. The van der Waals surface area contributed by atoms with Gasteiger partial charge in [0, 0.05) is 4.88 Å². The smallest absolute Gasteiger partial charge is 0.405 e. The van der Waals surface area contributed by atoms with Crippen LogP contribution in [-0.4, -0.2) is 11.2 Å². The zero-order chi connectivity index (χ0) is 8.27. The first-order valence-electron chi connectivity index (χ1n) is 3.06. The van der Waals surface area contributed by atoms with Crippen LogP contribution in [0.3, 0.4) is 0 Å². The molecule has 1 amide bonds. The van der Waals surface area contributed by atoms with Crippen LogP contribution in [-0.2, 0) is 0 Å². The fourth-order valence-corrected chi connectivity index (χ4v) is 1.40. The van der Waals surface area contributed by atoms with E-state index in [0.29, 0.717) is 0 Å². The Balaban J connectivity index is 2.56. The van der Waals surface area contributed by atoms with Gasteiger partial charge in [-0.25, -0.2) is 4.79 Å². The maximum atomic E-state index is 10.2. The zero-order valence-electron chi connectivity index (χ0n) is 5.78. The Hall–Kier alpha value is -1.03. The molecule has 2 N–H and O–H groups in total. The van der Waals surface area contributed by atoms with Crippen molar-refractivity contribution in [3.05, 3.63) is 29.3 Å². The predicted molar refractivity (Wildman–Crippen MR) is 43.6 cm³/mol. The van der Waals surface area contributed by atoms with Crippen molar-refractivity contribution in [2.45, 2.75) is 6.04 Å².